The Hall–Kier alpha value is -4.34. The Kier molecular flexibility index (Phi) is 7.61. The lowest BCUT2D eigenvalue weighted by atomic mass is 10.1. The number of halogens is 1. The maximum absolute atomic E-state index is 12.2. The molecule has 0 unspecified atom stereocenters. The Labute approximate surface area is 208 Å². The molecule has 4 rings (SSSR count). The first kappa shape index (κ1) is 23.8. The van der Waals surface area contributed by atoms with Gasteiger partial charge in [-0.3, -0.25) is 0 Å². The third kappa shape index (κ3) is 5.97. The third-order valence-electron chi connectivity index (χ3n) is 5.13. The number of hydrogen-bond donors (Lipinski definition) is 0. The zero-order chi connectivity index (χ0) is 24.6. The largest absolute Gasteiger partial charge is 0.489 e. The molecule has 6 nitrogen and oxygen atoms in total. The molecule has 0 atom stereocenters. The second kappa shape index (κ2) is 11.2. The normalized spacial score (nSPS) is 11.1. The van der Waals surface area contributed by atoms with Crippen LogP contribution in [-0.4, -0.2) is 22.4 Å². The van der Waals surface area contributed by atoms with E-state index in [1.54, 1.807) is 17.8 Å². The third-order valence-corrected chi connectivity index (χ3v) is 5.38. The predicted molar refractivity (Wildman–Crippen MR) is 135 cm³/mol. The van der Waals surface area contributed by atoms with Crippen LogP contribution in [0.15, 0.2) is 90.6 Å². The van der Waals surface area contributed by atoms with Crippen LogP contribution in [0.2, 0.25) is 5.02 Å². The SMILES string of the molecule is CCOC(=O)C(C#N)=Cc1cn(-c2ccccc2)nc1-c1ccc(OCc2ccc(Cl)cc2)cc1. The zero-order valence-corrected chi connectivity index (χ0v) is 19.8. The number of aromatic nitrogens is 2. The van der Waals surface area contributed by atoms with Gasteiger partial charge in [-0.1, -0.05) is 41.9 Å². The highest BCUT2D eigenvalue weighted by Crippen LogP contribution is 2.28. The molecular weight excluding hydrogens is 462 g/mol. The topological polar surface area (TPSA) is 77.1 Å². The van der Waals surface area contributed by atoms with Crippen LogP contribution in [0.3, 0.4) is 0 Å². The van der Waals surface area contributed by atoms with E-state index in [1.807, 2.05) is 84.9 Å². The van der Waals surface area contributed by atoms with Gasteiger partial charge in [0, 0.05) is 22.3 Å². The molecular formula is C28H22ClN3O3. The van der Waals surface area contributed by atoms with E-state index in [-0.39, 0.29) is 12.2 Å². The summed E-state index contributed by atoms with van der Waals surface area (Å²) in [6, 6.07) is 26.5. The van der Waals surface area contributed by atoms with Crippen molar-refractivity contribution < 1.29 is 14.3 Å². The summed E-state index contributed by atoms with van der Waals surface area (Å²) >= 11 is 5.94. The Balaban J connectivity index is 1.64. The molecule has 0 spiro atoms. The molecule has 0 saturated carbocycles. The summed E-state index contributed by atoms with van der Waals surface area (Å²) in [5.74, 6) is 0.0341. The van der Waals surface area contributed by atoms with Gasteiger partial charge in [-0.15, -0.1) is 0 Å². The minimum Gasteiger partial charge on any atom is -0.489 e. The van der Waals surface area contributed by atoms with Gasteiger partial charge in [-0.25, -0.2) is 9.48 Å². The van der Waals surface area contributed by atoms with Gasteiger partial charge >= 0.3 is 5.97 Å². The van der Waals surface area contributed by atoms with Crippen molar-refractivity contribution in [2.45, 2.75) is 13.5 Å². The minimum absolute atomic E-state index is 0.0939. The summed E-state index contributed by atoms with van der Waals surface area (Å²) < 4.78 is 12.6. The first-order chi connectivity index (χ1) is 17.1. The number of benzene rings is 3. The molecule has 7 heteroatoms. The van der Waals surface area contributed by atoms with Crippen LogP contribution in [-0.2, 0) is 16.1 Å². The fraction of sp³-hybridized carbons (Fsp3) is 0.107. The Morgan fingerprint density at radius 3 is 2.43 bits per heavy atom. The molecule has 0 aliphatic carbocycles. The summed E-state index contributed by atoms with van der Waals surface area (Å²) in [5.41, 5.74) is 3.82. The quantitative estimate of drug-likeness (QED) is 0.168. The molecule has 0 saturated heterocycles. The molecule has 174 valence electrons. The maximum Gasteiger partial charge on any atom is 0.348 e. The van der Waals surface area contributed by atoms with Gasteiger partial charge in [-0.2, -0.15) is 10.4 Å². The molecule has 1 heterocycles. The molecule has 0 fully saturated rings. The molecule has 4 aromatic rings. The van der Waals surface area contributed by atoms with E-state index >= 15 is 0 Å². The van der Waals surface area contributed by atoms with Gasteiger partial charge in [0.25, 0.3) is 0 Å². The molecule has 0 N–H and O–H groups in total. The highest BCUT2D eigenvalue weighted by Gasteiger charge is 2.16. The van der Waals surface area contributed by atoms with E-state index in [0.717, 1.165) is 16.8 Å². The summed E-state index contributed by atoms with van der Waals surface area (Å²) in [6.45, 7) is 2.30. The lowest BCUT2D eigenvalue weighted by Gasteiger charge is -2.07. The number of carbonyl (C=O) groups excluding carboxylic acids is 1. The molecule has 0 aliphatic rings. The van der Waals surface area contributed by atoms with Gasteiger partial charge in [-0.05, 0) is 67.1 Å². The Bertz CT molecular complexity index is 1370. The van der Waals surface area contributed by atoms with Crippen molar-refractivity contribution >= 4 is 23.6 Å². The predicted octanol–water partition coefficient (Wildman–Crippen LogP) is 6.24. The molecule has 0 radical (unpaired) electrons. The Morgan fingerprint density at radius 1 is 1.06 bits per heavy atom. The van der Waals surface area contributed by atoms with Gasteiger partial charge in [0.05, 0.1) is 18.0 Å². The summed E-state index contributed by atoms with van der Waals surface area (Å²) in [5, 5.41) is 14.9. The van der Waals surface area contributed by atoms with Gasteiger partial charge in [0.15, 0.2) is 0 Å². The van der Waals surface area contributed by atoms with Crippen LogP contribution >= 0.6 is 11.6 Å². The van der Waals surface area contributed by atoms with Crippen molar-refractivity contribution in [3.05, 3.63) is 107 Å². The molecule has 0 amide bonds. The van der Waals surface area contributed by atoms with Crippen molar-refractivity contribution in [3.63, 3.8) is 0 Å². The number of ether oxygens (including phenoxy) is 2. The number of esters is 1. The van der Waals surface area contributed by atoms with Crippen LogP contribution in [0, 0.1) is 11.3 Å². The fourth-order valence-corrected chi connectivity index (χ4v) is 3.51. The first-order valence-electron chi connectivity index (χ1n) is 11.0. The van der Waals surface area contributed by atoms with Crippen molar-refractivity contribution in [3.8, 4) is 28.8 Å². The van der Waals surface area contributed by atoms with E-state index in [4.69, 9.17) is 26.2 Å². The second-order valence-electron chi connectivity index (χ2n) is 7.54. The highest BCUT2D eigenvalue weighted by atomic mass is 35.5. The van der Waals surface area contributed by atoms with Crippen molar-refractivity contribution in [2.75, 3.05) is 6.61 Å². The molecule has 35 heavy (non-hydrogen) atoms. The number of nitriles is 1. The second-order valence-corrected chi connectivity index (χ2v) is 7.98. The maximum atomic E-state index is 12.2. The molecule has 1 aromatic heterocycles. The van der Waals surface area contributed by atoms with Gasteiger partial charge in [0.1, 0.15) is 24.0 Å². The van der Waals surface area contributed by atoms with Crippen LogP contribution in [0.5, 0.6) is 5.75 Å². The summed E-state index contributed by atoms with van der Waals surface area (Å²) in [6.07, 6.45) is 3.29. The Morgan fingerprint density at radius 2 is 1.77 bits per heavy atom. The van der Waals surface area contributed by atoms with Gasteiger partial charge in [0.2, 0.25) is 0 Å². The minimum atomic E-state index is -0.667. The van der Waals surface area contributed by atoms with Crippen molar-refractivity contribution in [1.29, 1.82) is 5.26 Å². The van der Waals surface area contributed by atoms with E-state index in [1.165, 1.54) is 6.08 Å². The zero-order valence-electron chi connectivity index (χ0n) is 19.0. The van der Waals surface area contributed by atoms with E-state index in [2.05, 4.69) is 0 Å². The number of hydrogen-bond acceptors (Lipinski definition) is 5. The average molecular weight is 484 g/mol. The number of nitrogens with zero attached hydrogens (tertiary/aromatic N) is 3. The summed E-state index contributed by atoms with van der Waals surface area (Å²) in [4.78, 5) is 12.2. The van der Waals surface area contributed by atoms with E-state index in [9.17, 15) is 10.1 Å². The smallest absolute Gasteiger partial charge is 0.348 e. The van der Waals surface area contributed by atoms with Crippen LogP contribution in [0.4, 0.5) is 0 Å². The lowest BCUT2D eigenvalue weighted by molar-refractivity contribution is -0.137. The first-order valence-corrected chi connectivity index (χ1v) is 11.4. The fourth-order valence-electron chi connectivity index (χ4n) is 3.39. The molecule has 3 aromatic carbocycles. The number of para-hydroxylation sites is 1. The summed E-state index contributed by atoms with van der Waals surface area (Å²) in [7, 11) is 0. The van der Waals surface area contributed by atoms with Gasteiger partial charge < -0.3 is 9.47 Å². The average Bonchev–Trinajstić information content (AvgIpc) is 3.32. The number of carbonyl (C=O) groups is 1. The molecule has 0 aliphatic heterocycles. The monoisotopic (exact) mass is 483 g/mol. The van der Waals surface area contributed by atoms with Crippen LogP contribution in [0.1, 0.15) is 18.1 Å². The highest BCUT2D eigenvalue weighted by molar-refractivity contribution is 6.30. The van der Waals surface area contributed by atoms with E-state index in [0.29, 0.717) is 28.6 Å². The van der Waals surface area contributed by atoms with Crippen molar-refractivity contribution in [1.82, 2.24) is 9.78 Å². The van der Waals surface area contributed by atoms with Crippen molar-refractivity contribution in [2.24, 2.45) is 0 Å². The molecule has 0 bridgehead atoms. The van der Waals surface area contributed by atoms with E-state index < -0.39 is 5.97 Å². The number of rotatable bonds is 8. The lowest BCUT2D eigenvalue weighted by Crippen LogP contribution is -2.06. The standard InChI is InChI=1S/C28H22ClN3O3/c1-2-34-28(33)22(17-30)16-23-18-32(25-6-4-3-5-7-25)31-27(23)21-10-14-26(15-11-21)35-19-20-8-12-24(29)13-9-20/h3-16,18H,2,19H2,1H3. The van der Waals surface area contributed by atoms with Crippen LogP contribution < -0.4 is 4.74 Å². The van der Waals surface area contributed by atoms with Crippen LogP contribution in [0.25, 0.3) is 23.0 Å².